The zero-order valence-electron chi connectivity index (χ0n) is 10.9. The molecule has 1 N–H and O–H groups in total. The van der Waals surface area contributed by atoms with Crippen molar-refractivity contribution >= 4 is 17.3 Å². The van der Waals surface area contributed by atoms with Crippen molar-refractivity contribution in [2.75, 3.05) is 19.6 Å². The first kappa shape index (κ1) is 14.2. The van der Waals surface area contributed by atoms with Crippen molar-refractivity contribution in [1.82, 2.24) is 10.2 Å². The Morgan fingerprint density at radius 3 is 2.79 bits per heavy atom. The lowest BCUT2D eigenvalue weighted by Crippen LogP contribution is -2.57. The predicted molar refractivity (Wildman–Crippen MR) is 75.5 cm³/mol. The Morgan fingerprint density at radius 2 is 2.26 bits per heavy atom. The number of nitro groups is 1. The van der Waals surface area contributed by atoms with E-state index >= 15 is 0 Å². The lowest BCUT2D eigenvalue weighted by atomic mass is 10.1. The van der Waals surface area contributed by atoms with Crippen molar-refractivity contribution in [2.45, 2.75) is 25.9 Å². The molecule has 0 atom stereocenters. The molecular weight excluding hydrogens is 266 g/mol. The summed E-state index contributed by atoms with van der Waals surface area (Å²) in [6.45, 7) is 5.54. The molecule has 2 rings (SSSR count). The van der Waals surface area contributed by atoms with Crippen LogP contribution in [0.2, 0.25) is 5.02 Å². The predicted octanol–water partition coefficient (Wildman–Crippen LogP) is 2.43. The Kier molecular flexibility index (Phi) is 4.74. The number of benzene rings is 1. The Morgan fingerprint density at radius 1 is 1.53 bits per heavy atom. The second-order valence-electron chi connectivity index (χ2n) is 4.81. The van der Waals surface area contributed by atoms with Crippen molar-refractivity contribution in [1.29, 1.82) is 0 Å². The molecule has 0 spiro atoms. The van der Waals surface area contributed by atoms with Crippen LogP contribution in [0.25, 0.3) is 0 Å². The summed E-state index contributed by atoms with van der Waals surface area (Å²) in [5.74, 6) is 0. The average molecular weight is 284 g/mol. The van der Waals surface area contributed by atoms with Gasteiger partial charge in [-0.25, -0.2) is 0 Å². The molecule has 104 valence electrons. The summed E-state index contributed by atoms with van der Waals surface area (Å²) >= 11 is 5.96. The van der Waals surface area contributed by atoms with Gasteiger partial charge < -0.3 is 5.32 Å². The van der Waals surface area contributed by atoms with Crippen molar-refractivity contribution in [3.63, 3.8) is 0 Å². The second-order valence-corrected chi connectivity index (χ2v) is 5.25. The van der Waals surface area contributed by atoms with Crippen LogP contribution in [-0.4, -0.2) is 35.5 Å². The first-order chi connectivity index (χ1) is 9.11. The average Bonchev–Trinajstić information content (AvgIpc) is 2.26. The second kappa shape index (κ2) is 6.32. The lowest BCUT2D eigenvalue weighted by molar-refractivity contribution is -0.385. The monoisotopic (exact) mass is 283 g/mol. The van der Waals surface area contributed by atoms with Gasteiger partial charge in [-0.2, -0.15) is 0 Å². The summed E-state index contributed by atoms with van der Waals surface area (Å²) in [5, 5.41) is 14.8. The molecule has 0 unspecified atom stereocenters. The Bertz CT molecular complexity index is 463. The van der Waals surface area contributed by atoms with Crippen LogP contribution in [0, 0.1) is 10.1 Å². The minimum atomic E-state index is -0.338. The highest BCUT2D eigenvalue weighted by Gasteiger charge is 2.26. The van der Waals surface area contributed by atoms with E-state index in [1.807, 2.05) is 0 Å². The third-order valence-electron chi connectivity index (χ3n) is 3.40. The van der Waals surface area contributed by atoms with Gasteiger partial charge in [-0.1, -0.05) is 18.5 Å². The van der Waals surface area contributed by atoms with E-state index in [9.17, 15) is 10.1 Å². The molecule has 1 aliphatic heterocycles. The zero-order chi connectivity index (χ0) is 13.8. The number of halogens is 1. The van der Waals surface area contributed by atoms with Crippen LogP contribution >= 0.6 is 11.6 Å². The van der Waals surface area contributed by atoms with Crippen molar-refractivity contribution in [3.05, 3.63) is 38.9 Å². The Balaban J connectivity index is 2.19. The van der Waals surface area contributed by atoms with Gasteiger partial charge in [-0.05, 0) is 25.1 Å². The summed E-state index contributed by atoms with van der Waals surface area (Å²) in [6, 6.07) is 5.23. The first-order valence-electron chi connectivity index (χ1n) is 6.49. The normalized spacial score (nSPS) is 15.5. The van der Waals surface area contributed by atoms with E-state index in [0.717, 1.165) is 26.1 Å². The fourth-order valence-electron chi connectivity index (χ4n) is 2.29. The van der Waals surface area contributed by atoms with Gasteiger partial charge in [-0.15, -0.1) is 0 Å². The van der Waals surface area contributed by atoms with Crippen LogP contribution in [0.4, 0.5) is 5.69 Å². The van der Waals surface area contributed by atoms with Gasteiger partial charge in [0.15, 0.2) is 0 Å². The summed E-state index contributed by atoms with van der Waals surface area (Å²) in [6.07, 6.45) is 1.03. The van der Waals surface area contributed by atoms with Gasteiger partial charge in [0.05, 0.1) is 4.92 Å². The molecule has 0 aromatic heterocycles. The maximum Gasteiger partial charge on any atom is 0.273 e. The molecule has 1 heterocycles. The van der Waals surface area contributed by atoms with Crippen LogP contribution in [-0.2, 0) is 6.54 Å². The fourth-order valence-corrected chi connectivity index (χ4v) is 2.48. The van der Waals surface area contributed by atoms with Crippen molar-refractivity contribution in [3.8, 4) is 0 Å². The van der Waals surface area contributed by atoms with E-state index in [0.29, 0.717) is 23.2 Å². The summed E-state index contributed by atoms with van der Waals surface area (Å²) in [4.78, 5) is 13.0. The summed E-state index contributed by atoms with van der Waals surface area (Å²) < 4.78 is 0. The van der Waals surface area contributed by atoms with Gasteiger partial charge in [0, 0.05) is 42.3 Å². The molecule has 0 bridgehead atoms. The van der Waals surface area contributed by atoms with E-state index in [2.05, 4.69) is 17.1 Å². The molecule has 1 saturated heterocycles. The van der Waals surface area contributed by atoms with E-state index in [-0.39, 0.29) is 10.6 Å². The zero-order valence-corrected chi connectivity index (χ0v) is 11.7. The number of nitro benzene ring substituents is 1. The highest BCUT2D eigenvalue weighted by atomic mass is 35.5. The molecular formula is C13H18ClN3O2. The molecule has 6 heteroatoms. The van der Waals surface area contributed by atoms with Crippen LogP contribution in [0.1, 0.15) is 18.9 Å². The van der Waals surface area contributed by atoms with E-state index in [1.54, 1.807) is 12.1 Å². The molecule has 0 amide bonds. The molecule has 0 aliphatic carbocycles. The van der Waals surface area contributed by atoms with Gasteiger partial charge in [0.25, 0.3) is 5.69 Å². The van der Waals surface area contributed by atoms with Crippen LogP contribution < -0.4 is 5.32 Å². The Hall–Kier alpha value is -1.17. The SMILES string of the molecule is CCCN(Cc1cc(Cl)ccc1[N+](=O)[O-])C1CNC1. The number of nitrogens with one attached hydrogen (secondary N) is 1. The number of nitrogens with zero attached hydrogens (tertiary/aromatic N) is 2. The standard InChI is InChI=1S/C13H18ClN3O2/c1-2-5-16(12-7-15-8-12)9-10-6-11(14)3-4-13(10)17(18)19/h3-4,6,12,15H,2,5,7-9H2,1H3. The van der Waals surface area contributed by atoms with Gasteiger partial charge >= 0.3 is 0 Å². The third kappa shape index (κ3) is 3.43. The molecule has 1 fully saturated rings. The molecule has 19 heavy (non-hydrogen) atoms. The van der Waals surface area contributed by atoms with E-state index in [1.165, 1.54) is 6.07 Å². The van der Waals surface area contributed by atoms with E-state index in [4.69, 9.17) is 11.6 Å². The smallest absolute Gasteiger partial charge is 0.273 e. The maximum atomic E-state index is 11.1. The van der Waals surface area contributed by atoms with Crippen LogP contribution in [0.5, 0.6) is 0 Å². The highest BCUT2D eigenvalue weighted by molar-refractivity contribution is 6.30. The number of hydrogen-bond donors (Lipinski definition) is 1. The lowest BCUT2D eigenvalue weighted by Gasteiger charge is -2.38. The molecule has 1 aromatic carbocycles. The minimum absolute atomic E-state index is 0.151. The van der Waals surface area contributed by atoms with Gasteiger partial charge in [0.2, 0.25) is 0 Å². The number of rotatable bonds is 6. The molecule has 5 nitrogen and oxygen atoms in total. The summed E-state index contributed by atoms with van der Waals surface area (Å²) in [7, 11) is 0. The summed E-state index contributed by atoms with van der Waals surface area (Å²) in [5.41, 5.74) is 0.843. The molecule has 1 aromatic rings. The first-order valence-corrected chi connectivity index (χ1v) is 6.87. The largest absolute Gasteiger partial charge is 0.314 e. The maximum absolute atomic E-state index is 11.1. The van der Waals surface area contributed by atoms with Gasteiger partial charge in [0.1, 0.15) is 0 Å². The van der Waals surface area contributed by atoms with Crippen molar-refractivity contribution < 1.29 is 4.92 Å². The highest BCUT2D eigenvalue weighted by Crippen LogP contribution is 2.25. The van der Waals surface area contributed by atoms with Crippen LogP contribution in [0.15, 0.2) is 18.2 Å². The van der Waals surface area contributed by atoms with Crippen molar-refractivity contribution in [2.24, 2.45) is 0 Å². The van der Waals surface area contributed by atoms with Gasteiger partial charge in [-0.3, -0.25) is 15.0 Å². The molecule has 0 radical (unpaired) electrons. The van der Waals surface area contributed by atoms with E-state index < -0.39 is 0 Å². The van der Waals surface area contributed by atoms with Crippen LogP contribution in [0.3, 0.4) is 0 Å². The topological polar surface area (TPSA) is 58.4 Å². The Labute approximate surface area is 117 Å². The minimum Gasteiger partial charge on any atom is -0.314 e. The molecule has 1 aliphatic rings. The fraction of sp³-hybridized carbons (Fsp3) is 0.538. The third-order valence-corrected chi connectivity index (χ3v) is 3.63. The number of hydrogen-bond acceptors (Lipinski definition) is 4. The quantitative estimate of drug-likeness (QED) is 0.643. The molecule has 0 saturated carbocycles.